The molecule has 0 bridgehead atoms. The first-order valence-electron chi connectivity index (χ1n) is 13.8. The second-order valence-corrected chi connectivity index (χ2v) is 10.1. The van der Waals surface area contributed by atoms with Gasteiger partial charge in [0.05, 0.1) is 11.4 Å². The molecule has 0 saturated carbocycles. The van der Waals surface area contributed by atoms with Crippen LogP contribution in [0.4, 0.5) is 0 Å². The molecule has 1 radical (unpaired) electrons. The molecule has 2 atom stereocenters. The Morgan fingerprint density at radius 1 is 0.625 bits per heavy atom. The van der Waals surface area contributed by atoms with Gasteiger partial charge in [-0.1, -0.05) is 82.7 Å². The molecule has 4 aliphatic rings. The van der Waals surface area contributed by atoms with Crippen molar-refractivity contribution in [3.8, 4) is 0 Å². The van der Waals surface area contributed by atoms with Gasteiger partial charge >= 0.3 is 17.1 Å². The topological polar surface area (TPSA) is 62.3 Å². The van der Waals surface area contributed by atoms with E-state index in [0.29, 0.717) is 11.7 Å². The van der Waals surface area contributed by atoms with Crippen LogP contribution in [0.25, 0.3) is 0 Å². The molecule has 0 saturated heterocycles. The number of rotatable bonds is 12. The van der Waals surface area contributed by atoms with E-state index in [9.17, 15) is 0 Å². The van der Waals surface area contributed by atoms with Gasteiger partial charge in [0.1, 0.15) is 23.5 Å². The minimum absolute atomic E-state index is 0. The SMILES string of the molecule is CCCCCCC1=CC2=NC(c3cccc(C4=NC5C=CC(CCCCCC)=CC5=N4)n3)=NC2C=C1.[Cl-].[Cl-].[Cl-].[Fe+3]. The number of unbranched alkanes of at least 4 members (excludes halogenated alkanes) is 6. The van der Waals surface area contributed by atoms with Crippen molar-refractivity contribution in [2.45, 2.75) is 90.1 Å². The van der Waals surface area contributed by atoms with Crippen LogP contribution in [0.5, 0.6) is 0 Å². The van der Waals surface area contributed by atoms with Crippen molar-refractivity contribution in [2.24, 2.45) is 20.0 Å². The second kappa shape index (κ2) is 17.9. The van der Waals surface area contributed by atoms with E-state index in [4.69, 9.17) is 25.0 Å². The molecule has 0 N–H and O–H groups in total. The number of aromatic nitrogens is 1. The normalized spacial score (nSPS) is 19.6. The summed E-state index contributed by atoms with van der Waals surface area (Å²) in [5, 5.41) is 0. The Morgan fingerprint density at radius 2 is 1.07 bits per heavy atom. The standard InChI is InChI=1S/C31H37N5.3ClH.Fe/c1-3-5-7-9-12-22-16-18-24-28(20-22)35-30(33-24)26-14-11-15-27(32-26)31-34-25-19-17-23(21-29(25)36-31)13-10-8-6-4-2;;;;/h11,14-21,24-25H,3-10,12-13H2,1-2H3;3*1H;/q;;;;+3/p-3. The first kappa shape index (κ1) is 36.2. The largest absolute Gasteiger partial charge is 3.00 e. The third-order valence-electron chi connectivity index (χ3n) is 7.10. The van der Waals surface area contributed by atoms with Crippen LogP contribution in [0.2, 0.25) is 0 Å². The van der Waals surface area contributed by atoms with Crippen LogP contribution < -0.4 is 37.2 Å². The van der Waals surface area contributed by atoms with Gasteiger partial charge in [0.25, 0.3) is 0 Å². The Labute approximate surface area is 268 Å². The predicted octanol–water partition coefficient (Wildman–Crippen LogP) is -1.84. The van der Waals surface area contributed by atoms with Gasteiger partial charge in [-0.2, -0.15) is 0 Å². The van der Waals surface area contributed by atoms with Gasteiger partial charge in [0, 0.05) is 0 Å². The van der Waals surface area contributed by atoms with Crippen LogP contribution >= 0.6 is 0 Å². The second-order valence-electron chi connectivity index (χ2n) is 10.1. The smallest absolute Gasteiger partial charge is 1.00 e. The summed E-state index contributed by atoms with van der Waals surface area (Å²) in [6.07, 6.45) is 25.6. The number of allylic oxidation sites excluding steroid dienone is 4. The number of hydrogen-bond donors (Lipinski definition) is 0. The zero-order valence-corrected chi connectivity index (χ0v) is 26.5. The molecular weight excluding hydrogens is 605 g/mol. The Balaban J connectivity index is 0.00000200. The summed E-state index contributed by atoms with van der Waals surface area (Å²) in [4.78, 5) is 24.2. The fraction of sp³-hybridized carbons (Fsp3) is 0.452. The average molecular weight is 642 g/mol. The monoisotopic (exact) mass is 640 g/mol. The number of nitrogens with zero attached hydrogens (tertiary/aromatic N) is 5. The summed E-state index contributed by atoms with van der Waals surface area (Å²) in [6, 6.07) is 5.97. The molecule has 5 nitrogen and oxygen atoms in total. The first-order chi connectivity index (χ1) is 17.7. The minimum atomic E-state index is 0. The molecule has 1 aromatic rings. The zero-order valence-electron chi connectivity index (χ0n) is 23.1. The molecule has 1 aromatic heterocycles. The van der Waals surface area contributed by atoms with Gasteiger partial charge < -0.3 is 37.2 Å². The Kier molecular flexibility index (Phi) is 16.2. The molecule has 3 heterocycles. The van der Waals surface area contributed by atoms with Gasteiger partial charge in [0.15, 0.2) is 11.7 Å². The van der Waals surface area contributed by atoms with Crippen molar-refractivity contribution in [2.75, 3.05) is 0 Å². The molecule has 5 rings (SSSR count). The van der Waals surface area contributed by atoms with Crippen LogP contribution in [0.15, 0.2) is 85.8 Å². The summed E-state index contributed by atoms with van der Waals surface area (Å²) in [6.45, 7) is 4.50. The van der Waals surface area contributed by atoms with Crippen molar-refractivity contribution in [3.05, 3.63) is 77.2 Å². The van der Waals surface area contributed by atoms with Crippen LogP contribution in [0, 0.1) is 0 Å². The van der Waals surface area contributed by atoms with Gasteiger partial charge in [-0.05, 0) is 61.1 Å². The van der Waals surface area contributed by atoms with Crippen molar-refractivity contribution in [3.63, 3.8) is 0 Å². The zero-order chi connectivity index (χ0) is 24.7. The maximum Gasteiger partial charge on any atom is 3.00 e. The van der Waals surface area contributed by atoms with Crippen LogP contribution in [-0.2, 0) is 17.1 Å². The minimum Gasteiger partial charge on any atom is -1.00 e. The third kappa shape index (κ3) is 9.09. The van der Waals surface area contributed by atoms with Crippen LogP contribution in [0.3, 0.4) is 0 Å². The number of hydrogen-bond acceptors (Lipinski definition) is 5. The summed E-state index contributed by atoms with van der Waals surface area (Å²) in [7, 11) is 0. The first-order valence-corrected chi connectivity index (χ1v) is 13.8. The van der Waals surface area contributed by atoms with Crippen LogP contribution in [-0.4, -0.2) is 40.2 Å². The number of aliphatic imine (C=N–C) groups is 4. The molecule has 9 heteroatoms. The Bertz CT molecular complexity index is 1150. The van der Waals surface area contributed by atoms with E-state index in [0.717, 1.165) is 35.7 Å². The van der Waals surface area contributed by atoms with Gasteiger partial charge in [-0.25, -0.2) is 15.0 Å². The van der Waals surface area contributed by atoms with Crippen molar-refractivity contribution in [1.29, 1.82) is 0 Å². The molecule has 215 valence electrons. The van der Waals surface area contributed by atoms with Gasteiger partial charge in [0.2, 0.25) is 0 Å². The maximum atomic E-state index is 4.87. The summed E-state index contributed by atoms with van der Waals surface area (Å²) in [5.74, 6) is 1.39. The Hall–Kier alpha value is -1.82. The molecule has 2 aliphatic heterocycles. The van der Waals surface area contributed by atoms with Crippen molar-refractivity contribution in [1.82, 2.24) is 4.98 Å². The molecule has 0 spiro atoms. The van der Waals surface area contributed by atoms with Crippen LogP contribution in [0.1, 0.15) is 89.4 Å². The average Bonchev–Trinajstić information content (AvgIpc) is 3.53. The van der Waals surface area contributed by atoms with Gasteiger partial charge in [-0.15, -0.1) is 0 Å². The number of halogens is 3. The number of pyridine rings is 1. The number of fused-ring (bicyclic) bond motifs is 2. The summed E-state index contributed by atoms with van der Waals surface area (Å²) in [5.41, 5.74) is 6.31. The summed E-state index contributed by atoms with van der Waals surface area (Å²) >= 11 is 0. The van der Waals surface area contributed by atoms with E-state index < -0.39 is 0 Å². The van der Waals surface area contributed by atoms with Crippen molar-refractivity contribution >= 4 is 23.1 Å². The molecule has 0 fully saturated rings. The van der Waals surface area contributed by atoms with E-state index in [1.54, 1.807) is 0 Å². The maximum absolute atomic E-state index is 4.87. The number of amidine groups is 2. The fourth-order valence-electron chi connectivity index (χ4n) is 5.01. The quantitative estimate of drug-likeness (QED) is 0.196. The molecule has 2 unspecified atom stereocenters. The van der Waals surface area contributed by atoms with E-state index in [2.05, 4.69) is 50.3 Å². The molecular formula is C31H37Cl3FeN5. The third-order valence-corrected chi connectivity index (χ3v) is 7.10. The van der Waals surface area contributed by atoms with Gasteiger partial charge in [-0.3, -0.25) is 9.98 Å². The molecule has 40 heavy (non-hydrogen) atoms. The molecule has 2 aliphatic carbocycles. The van der Waals surface area contributed by atoms with E-state index in [1.807, 2.05) is 18.2 Å². The Morgan fingerprint density at radius 3 is 1.50 bits per heavy atom. The predicted molar refractivity (Wildman–Crippen MR) is 152 cm³/mol. The molecule has 0 aromatic carbocycles. The van der Waals surface area contributed by atoms with E-state index in [1.165, 1.54) is 62.5 Å². The molecule has 0 amide bonds. The fourth-order valence-corrected chi connectivity index (χ4v) is 5.01. The van der Waals surface area contributed by atoms with E-state index >= 15 is 0 Å². The van der Waals surface area contributed by atoms with Crippen molar-refractivity contribution < 1.29 is 54.3 Å². The summed E-state index contributed by atoms with van der Waals surface area (Å²) < 4.78 is 0. The van der Waals surface area contributed by atoms with E-state index in [-0.39, 0.29) is 66.4 Å².